The summed E-state index contributed by atoms with van der Waals surface area (Å²) in [6.45, 7) is 3.42. The van der Waals surface area contributed by atoms with Crippen molar-refractivity contribution in [3.8, 4) is 5.75 Å². The van der Waals surface area contributed by atoms with Crippen LogP contribution in [0.15, 0.2) is 48.5 Å². The number of likely N-dealkylation sites (N-methyl/N-ethyl adjacent to an activating group) is 1. The molecular weight excluding hydrogens is 274 g/mol. The SMILES string of the molecule is Cc1ccccc1CC(=O)c1ccccc1OCCN(C)C. The number of rotatable bonds is 7. The first-order valence-corrected chi connectivity index (χ1v) is 7.52. The fraction of sp³-hybridized carbons (Fsp3) is 0.316. The van der Waals surface area contributed by atoms with Gasteiger partial charge < -0.3 is 9.64 Å². The molecule has 0 unspecified atom stereocenters. The first-order chi connectivity index (χ1) is 10.6. The van der Waals surface area contributed by atoms with Gasteiger partial charge in [0.05, 0.1) is 5.56 Å². The predicted octanol–water partition coefficient (Wildman–Crippen LogP) is 3.36. The number of para-hydroxylation sites is 1. The lowest BCUT2D eigenvalue weighted by Crippen LogP contribution is -2.20. The molecule has 0 aliphatic heterocycles. The van der Waals surface area contributed by atoms with Crippen molar-refractivity contribution in [1.82, 2.24) is 4.90 Å². The van der Waals surface area contributed by atoms with Gasteiger partial charge in [0.15, 0.2) is 5.78 Å². The second-order valence-electron chi connectivity index (χ2n) is 5.67. The number of Topliss-reactive ketones (excluding diaryl/α,β-unsaturated/α-hetero) is 1. The molecule has 3 nitrogen and oxygen atoms in total. The third kappa shape index (κ3) is 4.43. The van der Waals surface area contributed by atoms with E-state index in [1.807, 2.05) is 69.6 Å². The Bertz CT molecular complexity index is 635. The minimum atomic E-state index is 0.0924. The molecule has 0 atom stereocenters. The Hall–Kier alpha value is -2.13. The monoisotopic (exact) mass is 297 g/mol. The maximum absolute atomic E-state index is 12.6. The van der Waals surface area contributed by atoms with Crippen LogP contribution in [0.4, 0.5) is 0 Å². The van der Waals surface area contributed by atoms with E-state index in [0.717, 1.165) is 17.7 Å². The van der Waals surface area contributed by atoms with Gasteiger partial charge in [-0.3, -0.25) is 4.79 Å². The fourth-order valence-corrected chi connectivity index (χ4v) is 2.24. The van der Waals surface area contributed by atoms with Crippen molar-refractivity contribution in [2.75, 3.05) is 27.2 Å². The van der Waals surface area contributed by atoms with Gasteiger partial charge in [-0.2, -0.15) is 0 Å². The Morgan fingerprint density at radius 3 is 2.45 bits per heavy atom. The third-order valence-corrected chi connectivity index (χ3v) is 3.60. The van der Waals surface area contributed by atoms with Crippen molar-refractivity contribution in [2.24, 2.45) is 0 Å². The van der Waals surface area contributed by atoms with Crippen molar-refractivity contribution in [3.05, 3.63) is 65.2 Å². The van der Waals surface area contributed by atoms with E-state index in [2.05, 4.69) is 4.90 Å². The number of ether oxygens (including phenoxy) is 1. The molecule has 2 rings (SSSR count). The number of aryl methyl sites for hydroxylation is 1. The average molecular weight is 297 g/mol. The Labute approximate surface area is 132 Å². The summed E-state index contributed by atoms with van der Waals surface area (Å²) >= 11 is 0. The molecule has 3 heteroatoms. The molecule has 0 heterocycles. The molecule has 2 aromatic rings. The summed E-state index contributed by atoms with van der Waals surface area (Å²) in [7, 11) is 4.00. The number of hydrogen-bond donors (Lipinski definition) is 0. The van der Waals surface area contributed by atoms with Crippen LogP contribution in [0, 0.1) is 6.92 Å². The standard InChI is InChI=1S/C19H23NO2/c1-15-8-4-5-9-16(15)14-18(21)17-10-6-7-11-19(17)22-13-12-20(2)3/h4-11H,12-14H2,1-3H3. The van der Waals surface area contributed by atoms with Gasteiger partial charge in [0.2, 0.25) is 0 Å². The third-order valence-electron chi connectivity index (χ3n) is 3.60. The molecule has 0 aliphatic carbocycles. The zero-order valence-corrected chi connectivity index (χ0v) is 13.5. The maximum atomic E-state index is 12.6. The van der Waals surface area contributed by atoms with E-state index < -0.39 is 0 Å². The van der Waals surface area contributed by atoms with Crippen LogP contribution >= 0.6 is 0 Å². The van der Waals surface area contributed by atoms with Crippen LogP contribution in [-0.4, -0.2) is 37.9 Å². The molecule has 0 aromatic heterocycles. The Morgan fingerprint density at radius 1 is 1.05 bits per heavy atom. The normalized spacial score (nSPS) is 10.7. The molecule has 22 heavy (non-hydrogen) atoms. The molecule has 0 spiro atoms. The highest BCUT2D eigenvalue weighted by molar-refractivity contribution is 6.00. The Kier molecular flexibility index (Phi) is 5.73. The van der Waals surface area contributed by atoms with Gasteiger partial charge in [0.25, 0.3) is 0 Å². The predicted molar refractivity (Wildman–Crippen MR) is 89.7 cm³/mol. The number of nitrogens with zero attached hydrogens (tertiary/aromatic N) is 1. The summed E-state index contributed by atoms with van der Waals surface area (Å²) in [6.07, 6.45) is 0.403. The van der Waals surface area contributed by atoms with Crippen LogP contribution in [0.3, 0.4) is 0 Å². The van der Waals surface area contributed by atoms with Crippen LogP contribution in [-0.2, 0) is 6.42 Å². The van der Waals surface area contributed by atoms with E-state index in [1.165, 1.54) is 0 Å². The lowest BCUT2D eigenvalue weighted by molar-refractivity contribution is 0.0988. The first kappa shape index (κ1) is 16.2. The van der Waals surface area contributed by atoms with Crippen molar-refractivity contribution in [2.45, 2.75) is 13.3 Å². The number of benzene rings is 2. The van der Waals surface area contributed by atoms with Gasteiger partial charge in [-0.25, -0.2) is 0 Å². The molecule has 0 aliphatic rings. The lowest BCUT2D eigenvalue weighted by atomic mass is 9.99. The highest BCUT2D eigenvalue weighted by Crippen LogP contribution is 2.21. The molecule has 0 saturated heterocycles. The smallest absolute Gasteiger partial charge is 0.170 e. The van der Waals surface area contributed by atoms with Crippen molar-refractivity contribution in [3.63, 3.8) is 0 Å². The molecule has 116 valence electrons. The minimum Gasteiger partial charge on any atom is -0.491 e. The maximum Gasteiger partial charge on any atom is 0.170 e. The van der Waals surface area contributed by atoms with E-state index in [1.54, 1.807) is 0 Å². The van der Waals surface area contributed by atoms with Gasteiger partial charge in [-0.05, 0) is 44.3 Å². The van der Waals surface area contributed by atoms with E-state index in [-0.39, 0.29) is 5.78 Å². The van der Waals surface area contributed by atoms with Crippen LogP contribution in [0.1, 0.15) is 21.5 Å². The van der Waals surface area contributed by atoms with Crippen molar-refractivity contribution in [1.29, 1.82) is 0 Å². The minimum absolute atomic E-state index is 0.0924. The first-order valence-electron chi connectivity index (χ1n) is 7.52. The molecule has 0 bridgehead atoms. The Morgan fingerprint density at radius 2 is 1.73 bits per heavy atom. The second kappa shape index (κ2) is 7.76. The van der Waals surface area contributed by atoms with Gasteiger partial charge in [0.1, 0.15) is 12.4 Å². The van der Waals surface area contributed by atoms with Gasteiger partial charge in [-0.15, -0.1) is 0 Å². The molecule has 0 saturated carbocycles. The van der Waals surface area contributed by atoms with Crippen molar-refractivity contribution >= 4 is 5.78 Å². The van der Waals surface area contributed by atoms with E-state index in [4.69, 9.17) is 4.74 Å². The summed E-state index contributed by atoms with van der Waals surface area (Å²) in [5.74, 6) is 0.762. The Balaban J connectivity index is 2.11. The molecule has 0 fully saturated rings. The summed E-state index contributed by atoms with van der Waals surface area (Å²) < 4.78 is 5.77. The van der Waals surface area contributed by atoms with E-state index in [0.29, 0.717) is 24.3 Å². The largest absolute Gasteiger partial charge is 0.491 e. The zero-order valence-electron chi connectivity index (χ0n) is 13.5. The summed E-state index contributed by atoms with van der Waals surface area (Å²) in [5, 5.41) is 0. The van der Waals surface area contributed by atoms with Crippen LogP contribution < -0.4 is 4.74 Å². The van der Waals surface area contributed by atoms with Gasteiger partial charge in [0, 0.05) is 13.0 Å². The molecule has 2 aromatic carbocycles. The quantitative estimate of drug-likeness (QED) is 0.734. The lowest BCUT2D eigenvalue weighted by Gasteiger charge is -2.14. The van der Waals surface area contributed by atoms with E-state index >= 15 is 0 Å². The van der Waals surface area contributed by atoms with Gasteiger partial charge in [-0.1, -0.05) is 36.4 Å². The van der Waals surface area contributed by atoms with Crippen molar-refractivity contribution < 1.29 is 9.53 Å². The highest BCUT2D eigenvalue weighted by atomic mass is 16.5. The number of carbonyl (C=O) groups is 1. The van der Waals surface area contributed by atoms with Crippen LogP contribution in [0.5, 0.6) is 5.75 Å². The van der Waals surface area contributed by atoms with Crippen LogP contribution in [0.25, 0.3) is 0 Å². The molecule has 0 N–H and O–H groups in total. The van der Waals surface area contributed by atoms with Crippen LogP contribution in [0.2, 0.25) is 0 Å². The summed E-state index contributed by atoms with van der Waals surface area (Å²) in [4.78, 5) is 14.6. The van der Waals surface area contributed by atoms with Gasteiger partial charge >= 0.3 is 0 Å². The number of hydrogen-bond acceptors (Lipinski definition) is 3. The fourth-order valence-electron chi connectivity index (χ4n) is 2.24. The zero-order chi connectivity index (χ0) is 15.9. The molecular formula is C19H23NO2. The van der Waals surface area contributed by atoms with E-state index in [9.17, 15) is 4.79 Å². The average Bonchev–Trinajstić information content (AvgIpc) is 2.49. The second-order valence-corrected chi connectivity index (χ2v) is 5.67. The summed E-state index contributed by atoms with van der Waals surface area (Å²) in [5.41, 5.74) is 2.86. The topological polar surface area (TPSA) is 29.5 Å². The number of ketones is 1. The molecule has 0 amide bonds. The highest BCUT2D eigenvalue weighted by Gasteiger charge is 2.13. The number of carbonyl (C=O) groups excluding carboxylic acids is 1. The molecule has 0 radical (unpaired) electrons. The summed E-state index contributed by atoms with van der Waals surface area (Å²) in [6, 6.07) is 15.5.